The Bertz CT molecular complexity index is 542. The van der Waals surface area contributed by atoms with Gasteiger partial charge in [-0.1, -0.05) is 11.6 Å². The van der Waals surface area contributed by atoms with Crippen LogP contribution in [0.1, 0.15) is 35.7 Å². The molecule has 114 valence electrons. The fraction of sp³-hybridized carbons (Fsp3) is 0.500. The minimum absolute atomic E-state index is 0.0000841. The SMILES string of the molecule is CNC(=O)c1cc(C)ccc1NC(=O)[C@H]1CCN[C@@H](C)C1. The van der Waals surface area contributed by atoms with E-state index in [0.29, 0.717) is 17.3 Å². The van der Waals surface area contributed by atoms with Crippen LogP contribution >= 0.6 is 0 Å². The van der Waals surface area contributed by atoms with Crippen LogP contribution in [0.25, 0.3) is 0 Å². The molecule has 0 radical (unpaired) electrons. The molecule has 5 nitrogen and oxygen atoms in total. The van der Waals surface area contributed by atoms with Crippen molar-refractivity contribution < 1.29 is 9.59 Å². The van der Waals surface area contributed by atoms with Crippen molar-refractivity contribution in [3.63, 3.8) is 0 Å². The summed E-state index contributed by atoms with van der Waals surface area (Å²) >= 11 is 0. The van der Waals surface area contributed by atoms with Crippen LogP contribution in [0.15, 0.2) is 18.2 Å². The third-order valence-corrected chi connectivity index (χ3v) is 3.90. The third kappa shape index (κ3) is 3.82. The average molecular weight is 289 g/mol. The van der Waals surface area contributed by atoms with Gasteiger partial charge in [0.15, 0.2) is 0 Å². The Labute approximate surface area is 125 Å². The molecule has 0 spiro atoms. The van der Waals surface area contributed by atoms with Crippen LogP contribution in [0.3, 0.4) is 0 Å². The predicted molar refractivity (Wildman–Crippen MR) is 83.4 cm³/mol. The molecular formula is C16H23N3O2. The van der Waals surface area contributed by atoms with Crippen molar-refractivity contribution in [1.29, 1.82) is 0 Å². The molecule has 2 rings (SSSR count). The number of aryl methyl sites for hydroxylation is 1. The number of anilines is 1. The molecule has 3 N–H and O–H groups in total. The first-order chi connectivity index (χ1) is 10.0. The van der Waals surface area contributed by atoms with E-state index in [2.05, 4.69) is 22.9 Å². The number of benzene rings is 1. The van der Waals surface area contributed by atoms with E-state index in [1.807, 2.05) is 13.0 Å². The van der Waals surface area contributed by atoms with Gasteiger partial charge in [0.05, 0.1) is 11.3 Å². The zero-order valence-electron chi connectivity index (χ0n) is 12.8. The summed E-state index contributed by atoms with van der Waals surface area (Å²) in [5.74, 6) is -0.190. The number of piperidine rings is 1. The van der Waals surface area contributed by atoms with Crippen molar-refractivity contribution in [2.24, 2.45) is 5.92 Å². The summed E-state index contributed by atoms with van der Waals surface area (Å²) in [5.41, 5.74) is 2.08. The van der Waals surface area contributed by atoms with Crippen molar-refractivity contribution in [2.45, 2.75) is 32.7 Å². The summed E-state index contributed by atoms with van der Waals surface area (Å²) < 4.78 is 0. The maximum absolute atomic E-state index is 12.4. The van der Waals surface area contributed by atoms with Gasteiger partial charge < -0.3 is 16.0 Å². The predicted octanol–water partition coefficient (Wildman–Crippen LogP) is 1.68. The van der Waals surface area contributed by atoms with Crippen LogP contribution < -0.4 is 16.0 Å². The first-order valence-corrected chi connectivity index (χ1v) is 7.38. The molecule has 0 bridgehead atoms. The van der Waals surface area contributed by atoms with Crippen molar-refractivity contribution >= 4 is 17.5 Å². The first-order valence-electron chi connectivity index (χ1n) is 7.38. The van der Waals surface area contributed by atoms with Crippen molar-refractivity contribution in [3.8, 4) is 0 Å². The summed E-state index contributed by atoms with van der Waals surface area (Å²) in [6.07, 6.45) is 1.66. The number of hydrogen-bond donors (Lipinski definition) is 3. The highest BCUT2D eigenvalue weighted by Gasteiger charge is 2.25. The topological polar surface area (TPSA) is 70.2 Å². The largest absolute Gasteiger partial charge is 0.355 e. The lowest BCUT2D eigenvalue weighted by Crippen LogP contribution is -2.40. The lowest BCUT2D eigenvalue weighted by Gasteiger charge is -2.27. The molecule has 0 saturated carbocycles. The highest BCUT2D eigenvalue weighted by molar-refractivity contribution is 6.04. The first kappa shape index (κ1) is 15.5. The van der Waals surface area contributed by atoms with Gasteiger partial charge in [-0.2, -0.15) is 0 Å². The van der Waals surface area contributed by atoms with Gasteiger partial charge >= 0.3 is 0 Å². The van der Waals surface area contributed by atoms with Gasteiger partial charge in [-0.05, 0) is 45.4 Å². The number of carbonyl (C=O) groups is 2. The molecule has 1 saturated heterocycles. The quantitative estimate of drug-likeness (QED) is 0.793. The number of hydrogen-bond acceptors (Lipinski definition) is 3. The van der Waals surface area contributed by atoms with E-state index in [1.165, 1.54) is 0 Å². The van der Waals surface area contributed by atoms with Crippen LogP contribution in [0.5, 0.6) is 0 Å². The van der Waals surface area contributed by atoms with E-state index in [9.17, 15) is 9.59 Å². The van der Waals surface area contributed by atoms with Crippen LogP contribution in [0, 0.1) is 12.8 Å². The fourth-order valence-electron chi connectivity index (χ4n) is 2.69. The van der Waals surface area contributed by atoms with Crippen LogP contribution in [0.2, 0.25) is 0 Å². The summed E-state index contributed by atoms with van der Waals surface area (Å²) in [6, 6.07) is 5.83. The van der Waals surface area contributed by atoms with Gasteiger partial charge in [0, 0.05) is 19.0 Å². The van der Waals surface area contributed by atoms with E-state index < -0.39 is 0 Å². The van der Waals surface area contributed by atoms with Crippen molar-refractivity contribution in [2.75, 3.05) is 18.9 Å². The highest BCUT2D eigenvalue weighted by atomic mass is 16.2. The molecule has 0 aromatic heterocycles. The standard InChI is InChI=1S/C16H23N3O2/c1-10-4-5-14(13(8-10)16(21)17-3)19-15(20)12-6-7-18-11(2)9-12/h4-5,8,11-12,18H,6-7,9H2,1-3H3,(H,17,21)(H,19,20)/t11-,12-/m0/s1. The second-order valence-electron chi connectivity index (χ2n) is 5.69. The molecule has 1 aliphatic rings. The summed E-state index contributed by atoms with van der Waals surface area (Å²) in [5, 5.41) is 8.86. The van der Waals surface area contributed by atoms with E-state index in [0.717, 1.165) is 24.9 Å². The number of nitrogens with one attached hydrogen (secondary N) is 3. The number of amides is 2. The second-order valence-corrected chi connectivity index (χ2v) is 5.69. The fourth-order valence-corrected chi connectivity index (χ4v) is 2.69. The van der Waals surface area contributed by atoms with Gasteiger partial charge in [0.25, 0.3) is 5.91 Å². The lowest BCUT2D eigenvalue weighted by molar-refractivity contribution is -0.120. The summed E-state index contributed by atoms with van der Waals surface area (Å²) in [6.45, 7) is 4.86. The molecule has 1 fully saturated rings. The Balaban J connectivity index is 2.15. The number of carbonyl (C=O) groups excluding carboxylic acids is 2. The molecule has 1 aromatic rings. The van der Waals surface area contributed by atoms with Crippen LogP contribution in [-0.4, -0.2) is 31.4 Å². The summed E-state index contributed by atoms with van der Waals surface area (Å²) in [7, 11) is 1.59. The van der Waals surface area contributed by atoms with Gasteiger partial charge in [0.2, 0.25) is 5.91 Å². The molecule has 1 heterocycles. The molecule has 1 aliphatic heterocycles. The van der Waals surface area contributed by atoms with Gasteiger partial charge in [-0.3, -0.25) is 9.59 Å². The van der Waals surface area contributed by atoms with E-state index >= 15 is 0 Å². The van der Waals surface area contributed by atoms with Crippen LogP contribution in [-0.2, 0) is 4.79 Å². The molecule has 0 unspecified atom stereocenters. The minimum Gasteiger partial charge on any atom is -0.355 e. The maximum atomic E-state index is 12.4. The minimum atomic E-state index is -0.187. The lowest BCUT2D eigenvalue weighted by atomic mass is 9.92. The molecule has 2 atom stereocenters. The summed E-state index contributed by atoms with van der Waals surface area (Å²) in [4.78, 5) is 24.3. The molecule has 0 aliphatic carbocycles. The Hall–Kier alpha value is -1.88. The Kier molecular flexibility index (Phi) is 4.96. The van der Waals surface area contributed by atoms with E-state index in [-0.39, 0.29) is 17.7 Å². The molecule has 2 amide bonds. The monoisotopic (exact) mass is 289 g/mol. The Morgan fingerprint density at radius 3 is 2.76 bits per heavy atom. The van der Waals surface area contributed by atoms with E-state index in [1.54, 1.807) is 19.2 Å². The Morgan fingerprint density at radius 2 is 2.10 bits per heavy atom. The van der Waals surface area contributed by atoms with Gasteiger partial charge in [0.1, 0.15) is 0 Å². The highest BCUT2D eigenvalue weighted by Crippen LogP contribution is 2.22. The maximum Gasteiger partial charge on any atom is 0.253 e. The molecular weight excluding hydrogens is 266 g/mol. The van der Waals surface area contributed by atoms with Gasteiger partial charge in [-0.25, -0.2) is 0 Å². The Morgan fingerprint density at radius 1 is 1.33 bits per heavy atom. The molecule has 21 heavy (non-hydrogen) atoms. The molecule has 5 heteroatoms. The zero-order valence-corrected chi connectivity index (χ0v) is 12.8. The van der Waals surface area contributed by atoms with Crippen molar-refractivity contribution in [3.05, 3.63) is 29.3 Å². The zero-order chi connectivity index (χ0) is 15.4. The average Bonchev–Trinajstić information content (AvgIpc) is 2.48. The van der Waals surface area contributed by atoms with Crippen LogP contribution in [0.4, 0.5) is 5.69 Å². The third-order valence-electron chi connectivity index (χ3n) is 3.90. The van der Waals surface area contributed by atoms with E-state index in [4.69, 9.17) is 0 Å². The normalized spacial score (nSPS) is 21.7. The smallest absolute Gasteiger partial charge is 0.253 e. The molecule has 1 aromatic carbocycles. The second kappa shape index (κ2) is 6.72. The van der Waals surface area contributed by atoms with Gasteiger partial charge in [-0.15, -0.1) is 0 Å². The number of rotatable bonds is 3. The van der Waals surface area contributed by atoms with Crippen molar-refractivity contribution in [1.82, 2.24) is 10.6 Å².